The van der Waals surface area contributed by atoms with Crippen LogP contribution in [0.25, 0.3) is 0 Å². The minimum atomic E-state index is -0.289. The summed E-state index contributed by atoms with van der Waals surface area (Å²) in [5.41, 5.74) is 7.09. The number of hydrogen-bond donors (Lipinski definition) is 2. The number of halogens is 1. The van der Waals surface area contributed by atoms with Crippen molar-refractivity contribution in [3.8, 4) is 6.07 Å². The summed E-state index contributed by atoms with van der Waals surface area (Å²) >= 11 is 0. The van der Waals surface area contributed by atoms with E-state index in [4.69, 9.17) is 11.0 Å². The molecule has 3 N–H and O–H groups in total. The van der Waals surface area contributed by atoms with Gasteiger partial charge in [-0.3, -0.25) is 0 Å². The normalized spacial score (nSPS) is 10.2. The highest BCUT2D eigenvalue weighted by Gasteiger charge is 2.14. The van der Waals surface area contributed by atoms with Crippen LogP contribution in [0.4, 0.5) is 16.0 Å². The molecule has 0 amide bonds. The lowest BCUT2D eigenvalue weighted by Crippen LogP contribution is -2.06. The maximum absolute atomic E-state index is 12.8. The fourth-order valence-corrected chi connectivity index (χ4v) is 1.76. The van der Waals surface area contributed by atoms with E-state index in [1.807, 2.05) is 13.0 Å². The van der Waals surface area contributed by atoms with Crippen LogP contribution < -0.4 is 11.1 Å². The molecule has 0 spiro atoms. The molecule has 98 valence electrons. The monoisotopic (exact) mass is 259 g/mol. The molecule has 0 fully saturated rings. The zero-order valence-electron chi connectivity index (χ0n) is 10.5. The molecular formula is C13H14FN5. The molecule has 1 aromatic heterocycles. The molecule has 0 aliphatic carbocycles. The Labute approximate surface area is 110 Å². The zero-order valence-corrected chi connectivity index (χ0v) is 10.5. The van der Waals surface area contributed by atoms with Crippen molar-refractivity contribution in [2.45, 2.75) is 13.5 Å². The van der Waals surface area contributed by atoms with E-state index in [-0.39, 0.29) is 5.82 Å². The fourth-order valence-electron chi connectivity index (χ4n) is 1.76. The lowest BCUT2D eigenvalue weighted by molar-refractivity contribution is 0.625. The Morgan fingerprint density at radius 2 is 2.11 bits per heavy atom. The number of rotatable bonds is 4. The minimum absolute atomic E-state index is 0.289. The molecule has 5 nitrogen and oxygen atoms in total. The first kappa shape index (κ1) is 12.9. The summed E-state index contributed by atoms with van der Waals surface area (Å²) in [5.74, 6) is 0.496. The van der Waals surface area contributed by atoms with E-state index >= 15 is 0 Å². The van der Waals surface area contributed by atoms with Gasteiger partial charge in [-0.05, 0) is 24.6 Å². The largest absolute Gasteiger partial charge is 0.383 e. The number of benzene rings is 1. The van der Waals surface area contributed by atoms with Crippen LogP contribution in [0.15, 0.2) is 24.3 Å². The van der Waals surface area contributed by atoms with E-state index in [0.717, 1.165) is 5.56 Å². The number of nitrogens with zero attached hydrogens (tertiary/aromatic N) is 3. The van der Waals surface area contributed by atoms with Crippen molar-refractivity contribution < 1.29 is 4.39 Å². The molecular weight excluding hydrogens is 245 g/mol. The van der Waals surface area contributed by atoms with Crippen LogP contribution in [0.1, 0.15) is 18.1 Å². The van der Waals surface area contributed by atoms with Crippen LogP contribution >= 0.6 is 0 Å². The van der Waals surface area contributed by atoms with Crippen molar-refractivity contribution in [2.75, 3.05) is 17.6 Å². The van der Waals surface area contributed by atoms with Gasteiger partial charge in [-0.1, -0.05) is 12.1 Å². The molecule has 2 aromatic rings. The molecule has 0 atom stereocenters. The van der Waals surface area contributed by atoms with E-state index in [1.165, 1.54) is 16.8 Å². The quantitative estimate of drug-likeness (QED) is 0.879. The van der Waals surface area contributed by atoms with Gasteiger partial charge in [-0.25, -0.2) is 9.07 Å². The van der Waals surface area contributed by atoms with Crippen LogP contribution in [0.2, 0.25) is 0 Å². The summed E-state index contributed by atoms with van der Waals surface area (Å²) in [7, 11) is 0. The smallest absolute Gasteiger partial charge is 0.168 e. The number of aromatic nitrogens is 2. The Hall–Kier alpha value is -2.55. The highest BCUT2D eigenvalue weighted by atomic mass is 19.1. The third-order valence-corrected chi connectivity index (χ3v) is 2.69. The van der Waals surface area contributed by atoms with Crippen molar-refractivity contribution in [1.29, 1.82) is 5.26 Å². The highest BCUT2D eigenvalue weighted by molar-refractivity contribution is 5.63. The van der Waals surface area contributed by atoms with Crippen LogP contribution in [-0.2, 0) is 6.54 Å². The maximum Gasteiger partial charge on any atom is 0.168 e. The first-order valence-corrected chi connectivity index (χ1v) is 5.90. The molecule has 0 saturated heterocycles. The summed E-state index contributed by atoms with van der Waals surface area (Å²) < 4.78 is 14.4. The summed E-state index contributed by atoms with van der Waals surface area (Å²) in [6.45, 7) is 2.96. The first-order valence-electron chi connectivity index (χ1n) is 5.90. The van der Waals surface area contributed by atoms with Gasteiger partial charge in [0.2, 0.25) is 0 Å². The molecule has 2 rings (SSSR count). The topological polar surface area (TPSA) is 79.7 Å². The molecule has 19 heavy (non-hydrogen) atoms. The van der Waals surface area contributed by atoms with Crippen molar-refractivity contribution in [3.05, 3.63) is 41.2 Å². The average Bonchev–Trinajstić information content (AvgIpc) is 2.69. The zero-order chi connectivity index (χ0) is 13.8. The summed E-state index contributed by atoms with van der Waals surface area (Å²) in [4.78, 5) is 0. The van der Waals surface area contributed by atoms with Crippen LogP contribution in [-0.4, -0.2) is 16.3 Å². The number of nitrogens with one attached hydrogen (secondary N) is 1. The molecule has 0 aliphatic heterocycles. The number of nitrogens with two attached hydrogens (primary N) is 1. The maximum atomic E-state index is 12.8. The van der Waals surface area contributed by atoms with Crippen molar-refractivity contribution in [3.63, 3.8) is 0 Å². The predicted octanol–water partition coefficient (Wildman–Crippen LogP) is 1.96. The molecule has 1 heterocycles. The molecule has 1 aromatic carbocycles. The van der Waals surface area contributed by atoms with Crippen molar-refractivity contribution in [1.82, 2.24) is 9.78 Å². The minimum Gasteiger partial charge on any atom is -0.383 e. The van der Waals surface area contributed by atoms with Gasteiger partial charge >= 0.3 is 0 Å². The lowest BCUT2D eigenvalue weighted by atomic mass is 10.2. The average molecular weight is 259 g/mol. The Kier molecular flexibility index (Phi) is 3.66. The highest BCUT2D eigenvalue weighted by Crippen LogP contribution is 2.21. The van der Waals surface area contributed by atoms with Gasteiger partial charge in [0.1, 0.15) is 23.3 Å². The van der Waals surface area contributed by atoms with Gasteiger partial charge in [-0.2, -0.15) is 10.4 Å². The molecule has 0 bridgehead atoms. The Balaban J connectivity index is 2.30. The van der Waals surface area contributed by atoms with Gasteiger partial charge in [-0.15, -0.1) is 0 Å². The van der Waals surface area contributed by atoms with Gasteiger partial charge in [0, 0.05) is 6.54 Å². The molecule has 0 unspecified atom stereocenters. The third-order valence-electron chi connectivity index (χ3n) is 2.69. The lowest BCUT2D eigenvalue weighted by Gasteiger charge is -2.03. The Morgan fingerprint density at radius 1 is 1.42 bits per heavy atom. The molecule has 6 heteroatoms. The van der Waals surface area contributed by atoms with E-state index in [2.05, 4.69) is 10.4 Å². The number of hydrogen-bond acceptors (Lipinski definition) is 4. The van der Waals surface area contributed by atoms with Gasteiger partial charge in [0.05, 0.1) is 6.54 Å². The van der Waals surface area contributed by atoms with Crippen molar-refractivity contribution >= 4 is 11.6 Å². The second-order valence-electron chi connectivity index (χ2n) is 4.04. The van der Waals surface area contributed by atoms with E-state index in [9.17, 15) is 4.39 Å². The third kappa shape index (κ3) is 2.65. The van der Waals surface area contributed by atoms with Crippen molar-refractivity contribution in [2.24, 2.45) is 0 Å². The molecule has 0 radical (unpaired) electrons. The van der Waals surface area contributed by atoms with Crippen LogP contribution in [0.3, 0.4) is 0 Å². The molecule has 0 saturated carbocycles. The summed E-state index contributed by atoms with van der Waals surface area (Å²) in [6, 6.07) is 8.12. The van der Waals surface area contributed by atoms with Gasteiger partial charge < -0.3 is 11.1 Å². The molecule has 0 aliphatic rings. The van der Waals surface area contributed by atoms with Crippen LogP contribution in [0.5, 0.6) is 0 Å². The number of anilines is 2. The van der Waals surface area contributed by atoms with E-state index < -0.39 is 0 Å². The van der Waals surface area contributed by atoms with Gasteiger partial charge in [0.25, 0.3) is 0 Å². The first-order chi connectivity index (χ1) is 9.15. The summed E-state index contributed by atoms with van der Waals surface area (Å²) in [6.07, 6.45) is 0. The summed E-state index contributed by atoms with van der Waals surface area (Å²) in [5, 5.41) is 16.3. The SMILES string of the molecule is CCNc1nn(Cc2ccc(F)cc2)c(N)c1C#N. The Bertz CT molecular complexity index is 609. The second kappa shape index (κ2) is 5.40. The van der Waals surface area contributed by atoms with Gasteiger partial charge in [0.15, 0.2) is 5.82 Å². The number of nitriles is 1. The standard InChI is InChI=1S/C13H14FN5/c1-2-17-13-11(7-15)12(16)19(18-13)8-9-3-5-10(14)6-4-9/h3-6H,2,8,16H2,1H3,(H,17,18). The van der Waals surface area contributed by atoms with Crippen LogP contribution in [0, 0.1) is 17.1 Å². The predicted molar refractivity (Wildman–Crippen MR) is 71.0 cm³/mol. The fraction of sp³-hybridized carbons (Fsp3) is 0.231. The number of nitrogen functional groups attached to an aromatic ring is 1. The van der Waals surface area contributed by atoms with E-state index in [1.54, 1.807) is 12.1 Å². The Morgan fingerprint density at radius 3 is 2.68 bits per heavy atom. The van der Waals surface area contributed by atoms with E-state index in [0.29, 0.717) is 30.3 Å². The second-order valence-corrected chi connectivity index (χ2v) is 4.04.